The van der Waals surface area contributed by atoms with Crippen LogP contribution in [0.1, 0.15) is 36.8 Å². The van der Waals surface area contributed by atoms with Crippen LogP contribution in [-0.2, 0) is 4.84 Å². The molecule has 2 aromatic carbocycles. The van der Waals surface area contributed by atoms with Crippen molar-refractivity contribution >= 4 is 5.71 Å². The Kier molecular flexibility index (Phi) is 5.75. The molecule has 4 rings (SSSR count). The summed E-state index contributed by atoms with van der Waals surface area (Å²) in [7, 11) is 1.60. The van der Waals surface area contributed by atoms with Crippen molar-refractivity contribution in [2.24, 2.45) is 5.16 Å². The molecule has 0 radical (unpaired) electrons. The summed E-state index contributed by atoms with van der Waals surface area (Å²) in [6, 6.07) is 17.0. The quantitative estimate of drug-likeness (QED) is 0.326. The number of hydrogen-bond acceptors (Lipinski definition) is 4. The van der Waals surface area contributed by atoms with Crippen molar-refractivity contribution in [2.75, 3.05) is 7.11 Å². The SMILES string of the molecule is CON=C(C(C)c1ccc(-n2ccnc2)cc1)C(C)c1ccc(-n2ccnc2)cc1. The molecule has 0 aliphatic carbocycles. The van der Waals surface area contributed by atoms with Gasteiger partial charge in [-0.25, -0.2) is 9.97 Å². The van der Waals surface area contributed by atoms with Crippen LogP contribution in [0.4, 0.5) is 0 Å². The van der Waals surface area contributed by atoms with Gasteiger partial charge in [0.05, 0.1) is 18.4 Å². The molecule has 2 aromatic heterocycles. The average Bonchev–Trinajstić information content (AvgIpc) is 3.51. The Bertz CT molecular complexity index is 996. The van der Waals surface area contributed by atoms with Crippen molar-refractivity contribution < 1.29 is 4.84 Å². The highest BCUT2D eigenvalue weighted by molar-refractivity contribution is 5.95. The molecule has 0 aliphatic rings. The molecule has 0 N–H and O–H groups in total. The minimum Gasteiger partial charge on any atom is -0.399 e. The third-order valence-corrected chi connectivity index (χ3v) is 5.48. The van der Waals surface area contributed by atoms with E-state index in [-0.39, 0.29) is 11.8 Å². The first kappa shape index (κ1) is 19.6. The number of aromatic nitrogens is 4. The molecule has 2 atom stereocenters. The number of oxime groups is 1. The fourth-order valence-corrected chi connectivity index (χ4v) is 3.67. The van der Waals surface area contributed by atoms with E-state index in [0.29, 0.717) is 0 Å². The van der Waals surface area contributed by atoms with Gasteiger partial charge in [0.25, 0.3) is 0 Å². The van der Waals surface area contributed by atoms with E-state index in [4.69, 9.17) is 4.84 Å². The Morgan fingerprint density at radius 3 is 1.53 bits per heavy atom. The minimum absolute atomic E-state index is 0.116. The van der Waals surface area contributed by atoms with E-state index in [1.54, 1.807) is 32.2 Å². The predicted octanol–water partition coefficient (Wildman–Crippen LogP) is 4.97. The lowest BCUT2D eigenvalue weighted by Gasteiger charge is -2.21. The van der Waals surface area contributed by atoms with Crippen LogP contribution in [0.25, 0.3) is 11.4 Å². The predicted molar refractivity (Wildman–Crippen MR) is 118 cm³/mol. The van der Waals surface area contributed by atoms with Crippen molar-refractivity contribution in [2.45, 2.75) is 25.7 Å². The van der Waals surface area contributed by atoms with E-state index in [1.807, 2.05) is 21.5 Å². The molecule has 2 unspecified atom stereocenters. The molecule has 0 aliphatic heterocycles. The number of nitrogens with zero attached hydrogens (tertiary/aromatic N) is 5. The lowest BCUT2D eigenvalue weighted by atomic mass is 9.85. The standard InChI is InChI=1S/C24H25N5O/c1-18(20-4-8-22(9-5-20)28-14-12-25-16-28)24(27-30-3)19(2)21-6-10-23(11-7-21)29-15-13-26-17-29/h4-19H,1-3H3. The summed E-state index contributed by atoms with van der Waals surface area (Å²) < 4.78 is 3.98. The third kappa shape index (κ3) is 4.03. The minimum atomic E-state index is 0.116. The van der Waals surface area contributed by atoms with Gasteiger partial charge in [0.15, 0.2) is 0 Å². The van der Waals surface area contributed by atoms with E-state index in [2.05, 4.69) is 77.5 Å². The summed E-state index contributed by atoms with van der Waals surface area (Å²) in [6.45, 7) is 4.33. The Hall–Kier alpha value is -3.67. The molecule has 6 nitrogen and oxygen atoms in total. The second-order valence-electron chi connectivity index (χ2n) is 7.27. The van der Waals surface area contributed by atoms with Gasteiger partial charge in [0.1, 0.15) is 7.11 Å². The Morgan fingerprint density at radius 1 is 0.767 bits per heavy atom. The molecule has 0 saturated heterocycles. The first-order valence-electron chi connectivity index (χ1n) is 9.95. The summed E-state index contributed by atoms with van der Waals surface area (Å²) in [6.07, 6.45) is 11.0. The van der Waals surface area contributed by atoms with Crippen LogP contribution in [0.15, 0.2) is 91.1 Å². The maximum absolute atomic E-state index is 5.22. The van der Waals surface area contributed by atoms with E-state index in [9.17, 15) is 0 Å². The molecule has 4 aromatic rings. The number of benzene rings is 2. The van der Waals surface area contributed by atoms with E-state index in [1.165, 1.54) is 11.1 Å². The van der Waals surface area contributed by atoms with E-state index >= 15 is 0 Å². The Morgan fingerprint density at radius 2 is 1.20 bits per heavy atom. The topological polar surface area (TPSA) is 57.2 Å². The zero-order chi connectivity index (χ0) is 20.9. The molecule has 0 saturated carbocycles. The first-order valence-corrected chi connectivity index (χ1v) is 9.95. The molecule has 152 valence electrons. The summed E-state index contributed by atoms with van der Waals surface area (Å²) >= 11 is 0. The van der Waals surface area contributed by atoms with Gasteiger partial charge < -0.3 is 14.0 Å². The molecule has 0 spiro atoms. The second kappa shape index (κ2) is 8.78. The molecule has 2 heterocycles. The van der Waals surface area contributed by atoms with E-state index < -0.39 is 0 Å². The number of hydrogen-bond donors (Lipinski definition) is 0. The van der Waals surface area contributed by atoms with Gasteiger partial charge in [-0.05, 0) is 35.4 Å². The van der Waals surface area contributed by atoms with Crippen LogP contribution in [0.2, 0.25) is 0 Å². The van der Waals surface area contributed by atoms with Gasteiger partial charge in [-0.1, -0.05) is 43.3 Å². The van der Waals surface area contributed by atoms with Gasteiger partial charge in [-0.15, -0.1) is 0 Å². The van der Waals surface area contributed by atoms with Crippen molar-refractivity contribution in [3.05, 3.63) is 97.1 Å². The highest BCUT2D eigenvalue weighted by Gasteiger charge is 2.22. The monoisotopic (exact) mass is 399 g/mol. The van der Waals surface area contributed by atoms with E-state index in [0.717, 1.165) is 17.1 Å². The Balaban J connectivity index is 1.56. The first-order chi connectivity index (χ1) is 14.7. The third-order valence-electron chi connectivity index (χ3n) is 5.48. The maximum Gasteiger partial charge on any atom is 0.106 e. The maximum atomic E-state index is 5.22. The van der Waals surface area contributed by atoms with Crippen LogP contribution in [0.3, 0.4) is 0 Å². The van der Waals surface area contributed by atoms with Crippen molar-refractivity contribution in [1.29, 1.82) is 0 Å². The van der Waals surface area contributed by atoms with Gasteiger partial charge in [-0.2, -0.15) is 0 Å². The summed E-state index contributed by atoms with van der Waals surface area (Å²) in [5.74, 6) is 0.232. The fourth-order valence-electron chi connectivity index (χ4n) is 3.67. The molecular formula is C24H25N5O. The van der Waals surface area contributed by atoms with Crippen molar-refractivity contribution in [3.63, 3.8) is 0 Å². The smallest absolute Gasteiger partial charge is 0.106 e. The average molecular weight is 399 g/mol. The molecule has 6 heteroatoms. The van der Waals surface area contributed by atoms with Crippen LogP contribution in [0, 0.1) is 0 Å². The van der Waals surface area contributed by atoms with Gasteiger partial charge >= 0.3 is 0 Å². The number of imidazole rings is 2. The second-order valence-corrected chi connectivity index (χ2v) is 7.27. The van der Waals surface area contributed by atoms with Crippen molar-refractivity contribution in [3.8, 4) is 11.4 Å². The molecular weight excluding hydrogens is 374 g/mol. The lowest BCUT2D eigenvalue weighted by Crippen LogP contribution is -2.17. The normalized spacial score (nSPS) is 12.9. The summed E-state index contributed by atoms with van der Waals surface area (Å²) in [5, 5.41) is 4.41. The van der Waals surface area contributed by atoms with Gasteiger partial charge in [0.2, 0.25) is 0 Å². The summed E-state index contributed by atoms with van der Waals surface area (Å²) in [5.41, 5.74) is 5.53. The highest BCUT2D eigenvalue weighted by Crippen LogP contribution is 2.29. The lowest BCUT2D eigenvalue weighted by molar-refractivity contribution is 0.210. The van der Waals surface area contributed by atoms with Crippen LogP contribution < -0.4 is 0 Å². The highest BCUT2D eigenvalue weighted by atomic mass is 16.6. The van der Waals surface area contributed by atoms with Crippen LogP contribution in [-0.4, -0.2) is 31.9 Å². The Labute approximate surface area is 176 Å². The van der Waals surface area contributed by atoms with Gasteiger partial charge in [0, 0.05) is 48.0 Å². The molecule has 0 bridgehead atoms. The molecule has 0 amide bonds. The van der Waals surface area contributed by atoms with Gasteiger partial charge in [-0.3, -0.25) is 0 Å². The zero-order valence-corrected chi connectivity index (χ0v) is 17.4. The van der Waals surface area contributed by atoms with Crippen LogP contribution in [0.5, 0.6) is 0 Å². The molecule has 0 fully saturated rings. The van der Waals surface area contributed by atoms with Crippen LogP contribution >= 0.6 is 0 Å². The van der Waals surface area contributed by atoms with Crippen molar-refractivity contribution in [1.82, 2.24) is 19.1 Å². The fraction of sp³-hybridized carbons (Fsp3) is 0.208. The number of rotatable bonds is 7. The molecule has 30 heavy (non-hydrogen) atoms. The summed E-state index contributed by atoms with van der Waals surface area (Å²) in [4.78, 5) is 13.4. The largest absolute Gasteiger partial charge is 0.399 e. The zero-order valence-electron chi connectivity index (χ0n) is 17.4.